The van der Waals surface area contributed by atoms with Gasteiger partial charge in [-0.05, 0) is 57.7 Å². The number of carbonyl (C=O) groups excluding carboxylic acids is 3. The maximum atomic E-state index is 13.1. The van der Waals surface area contributed by atoms with E-state index in [9.17, 15) is 19.6 Å². The number of methoxy groups -OCH3 is 1. The highest BCUT2D eigenvalue weighted by Crippen LogP contribution is 2.44. The number of benzene rings is 1. The van der Waals surface area contributed by atoms with Gasteiger partial charge in [0.05, 0.1) is 46.2 Å². The number of carbonyl (C=O) groups is 3. The van der Waals surface area contributed by atoms with Gasteiger partial charge in [0.15, 0.2) is 5.75 Å². The summed E-state index contributed by atoms with van der Waals surface area (Å²) >= 11 is 13.9. The molecular formula is C25H29Cl2N3O5S. The van der Waals surface area contributed by atoms with Crippen LogP contribution in [0.4, 0.5) is 0 Å². The Balaban J connectivity index is 2.00. The van der Waals surface area contributed by atoms with E-state index < -0.39 is 23.7 Å². The topological polar surface area (TPSA) is 109 Å². The third-order valence-electron chi connectivity index (χ3n) is 6.47. The zero-order chi connectivity index (χ0) is 26.6. The molecule has 0 aromatic heterocycles. The maximum Gasteiger partial charge on any atom is 0.319 e. The molecule has 0 aliphatic carbocycles. The number of rotatable bonds is 7. The zero-order valence-corrected chi connectivity index (χ0v) is 22.9. The van der Waals surface area contributed by atoms with Crippen LogP contribution in [0.25, 0.3) is 0 Å². The van der Waals surface area contributed by atoms with Crippen molar-refractivity contribution in [2.24, 2.45) is 5.92 Å². The molecule has 2 aliphatic heterocycles. The van der Waals surface area contributed by atoms with Gasteiger partial charge in [0.2, 0.25) is 11.8 Å². The summed E-state index contributed by atoms with van der Waals surface area (Å²) in [4.78, 5) is 40.7. The van der Waals surface area contributed by atoms with Crippen molar-refractivity contribution < 1.29 is 23.9 Å². The molecule has 1 aromatic rings. The smallest absolute Gasteiger partial charge is 0.319 e. The zero-order valence-electron chi connectivity index (χ0n) is 20.6. The molecule has 0 radical (unpaired) electrons. The number of ether oxygens (including phenoxy) is 2. The molecule has 1 N–H and O–H groups in total. The van der Waals surface area contributed by atoms with Gasteiger partial charge in [-0.25, -0.2) is 0 Å². The minimum Gasteiger partial charge on any atom is -0.491 e. The first kappa shape index (κ1) is 28.2. The Labute approximate surface area is 225 Å². The molecule has 1 aromatic carbocycles. The Morgan fingerprint density at radius 2 is 1.83 bits per heavy atom. The molecule has 2 amide bonds. The lowest BCUT2D eigenvalue weighted by Gasteiger charge is -2.39. The summed E-state index contributed by atoms with van der Waals surface area (Å²) in [5.41, 5.74) is 0.511. The number of nitriles is 1. The first-order valence-electron chi connectivity index (χ1n) is 11.7. The fourth-order valence-electron chi connectivity index (χ4n) is 4.84. The van der Waals surface area contributed by atoms with Crippen LogP contribution in [-0.2, 0) is 19.1 Å². The number of esters is 1. The molecule has 0 spiro atoms. The summed E-state index contributed by atoms with van der Waals surface area (Å²) in [5.74, 6) is -3.55. The lowest BCUT2D eigenvalue weighted by Crippen LogP contribution is -2.48. The molecule has 11 heteroatoms. The molecule has 1 saturated heterocycles. The average Bonchev–Trinajstić information content (AvgIpc) is 2.83. The number of nitrogens with one attached hydrogen (secondary N) is 1. The van der Waals surface area contributed by atoms with Crippen molar-refractivity contribution in [3.05, 3.63) is 38.3 Å². The number of thioether (sulfide) groups is 1. The van der Waals surface area contributed by atoms with E-state index in [0.717, 1.165) is 31.0 Å². The van der Waals surface area contributed by atoms with Crippen LogP contribution in [0, 0.1) is 17.2 Å². The van der Waals surface area contributed by atoms with Gasteiger partial charge in [-0.1, -0.05) is 35.0 Å². The molecule has 36 heavy (non-hydrogen) atoms. The van der Waals surface area contributed by atoms with E-state index in [1.54, 1.807) is 6.92 Å². The first-order chi connectivity index (χ1) is 17.1. The maximum absolute atomic E-state index is 13.1. The summed E-state index contributed by atoms with van der Waals surface area (Å²) in [6, 6.07) is 5.42. The van der Waals surface area contributed by atoms with Gasteiger partial charge in [-0.3, -0.25) is 14.4 Å². The van der Waals surface area contributed by atoms with Crippen LogP contribution in [0.3, 0.4) is 0 Å². The highest BCUT2D eigenvalue weighted by atomic mass is 35.5. The summed E-state index contributed by atoms with van der Waals surface area (Å²) in [7, 11) is 1.17. The number of halogens is 2. The lowest BCUT2D eigenvalue weighted by atomic mass is 9.78. The standard InChI is InChI=1S/C25H29Cl2N3O5S/c1-5-35-22-17(26)9-15(10-18(22)27)20-16(11-28)24(29-23(32)21(20)25(33)34-4)36-12-19(31)30-13(2)7-6-8-14(30)3/h9-10,13-14,20-21H,5-8,12H2,1-4H3,(H,29,32)/t13-,14+,20-,21-/m1/s1. The highest BCUT2D eigenvalue weighted by Gasteiger charge is 2.45. The Morgan fingerprint density at radius 1 is 1.22 bits per heavy atom. The van der Waals surface area contributed by atoms with Crippen molar-refractivity contribution in [3.63, 3.8) is 0 Å². The van der Waals surface area contributed by atoms with E-state index in [0.29, 0.717) is 12.2 Å². The third kappa shape index (κ3) is 5.77. The summed E-state index contributed by atoms with van der Waals surface area (Å²) in [5, 5.41) is 13.3. The van der Waals surface area contributed by atoms with Gasteiger partial charge >= 0.3 is 5.97 Å². The number of allylic oxidation sites excluding steroid dienone is 1. The van der Waals surface area contributed by atoms with E-state index in [-0.39, 0.29) is 50.1 Å². The monoisotopic (exact) mass is 553 g/mol. The van der Waals surface area contributed by atoms with Crippen molar-refractivity contribution in [1.82, 2.24) is 10.2 Å². The Bertz CT molecular complexity index is 1090. The Morgan fingerprint density at radius 3 is 2.36 bits per heavy atom. The number of hydrogen-bond donors (Lipinski definition) is 1. The van der Waals surface area contributed by atoms with E-state index in [1.807, 2.05) is 18.7 Å². The van der Waals surface area contributed by atoms with Gasteiger partial charge in [0.25, 0.3) is 0 Å². The molecule has 0 unspecified atom stereocenters. The van der Waals surface area contributed by atoms with Crippen LogP contribution in [-0.4, -0.2) is 54.2 Å². The van der Waals surface area contributed by atoms with Crippen LogP contribution < -0.4 is 10.1 Å². The SMILES string of the molecule is CCOc1c(Cl)cc([C@@H]2C(C#N)=C(SCC(=O)N3[C@H](C)CCC[C@@H]3C)NC(=O)[C@@H]2C(=O)OC)cc1Cl. The summed E-state index contributed by atoms with van der Waals surface area (Å²) < 4.78 is 10.4. The van der Waals surface area contributed by atoms with Gasteiger partial charge in [-0.2, -0.15) is 5.26 Å². The number of nitrogens with zero attached hydrogens (tertiary/aromatic N) is 2. The number of piperidine rings is 1. The predicted octanol–water partition coefficient (Wildman–Crippen LogP) is 4.65. The van der Waals surface area contributed by atoms with Crippen molar-refractivity contribution in [2.45, 2.75) is 58.0 Å². The molecule has 0 saturated carbocycles. The lowest BCUT2D eigenvalue weighted by molar-refractivity contribution is -0.150. The van der Waals surface area contributed by atoms with Crippen molar-refractivity contribution in [3.8, 4) is 11.8 Å². The second kappa shape index (κ2) is 12.2. The molecule has 2 aliphatic rings. The van der Waals surface area contributed by atoms with Crippen LogP contribution in [0.15, 0.2) is 22.7 Å². The Kier molecular flexibility index (Phi) is 9.56. The molecule has 0 bridgehead atoms. The largest absolute Gasteiger partial charge is 0.491 e. The first-order valence-corrected chi connectivity index (χ1v) is 13.5. The Hall–Kier alpha value is -2.41. The van der Waals surface area contributed by atoms with E-state index in [2.05, 4.69) is 11.4 Å². The average molecular weight is 554 g/mol. The molecule has 194 valence electrons. The van der Waals surface area contributed by atoms with Crippen LogP contribution in [0.2, 0.25) is 10.0 Å². The van der Waals surface area contributed by atoms with E-state index >= 15 is 0 Å². The van der Waals surface area contributed by atoms with Crippen molar-refractivity contribution in [1.29, 1.82) is 5.26 Å². The highest BCUT2D eigenvalue weighted by molar-refractivity contribution is 8.03. The molecular weight excluding hydrogens is 525 g/mol. The van der Waals surface area contributed by atoms with Gasteiger partial charge < -0.3 is 19.7 Å². The summed E-state index contributed by atoms with van der Waals surface area (Å²) in [6.45, 7) is 6.17. The molecule has 3 rings (SSSR count). The van der Waals surface area contributed by atoms with Crippen LogP contribution >= 0.6 is 35.0 Å². The fraction of sp³-hybridized carbons (Fsp3) is 0.520. The van der Waals surface area contributed by atoms with Gasteiger partial charge in [0.1, 0.15) is 5.92 Å². The summed E-state index contributed by atoms with van der Waals surface area (Å²) in [6.07, 6.45) is 2.94. The second-order valence-electron chi connectivity index (χ2n) is 8.79. The van der Waals surface area contributed by atoms with Gasteiger partial charge in [-0.15, -0.1) is 0 Å². The van der Waals surface area contributed by atoms with Crippen molar-refractivity contribution in [2.75, 3.05) is 19.5 Å². The van der Waals surface area contributed by atoms with Gasteiger partial charge in [0, 0.05) is 18.0 Å². The molecule has 4 atom stereocenters. The molecule has 8 nitrogen and oxygen atoms in total. The van der Waals surface area contributed by atoms with E-state index in [1.165, 1.54) is 19.2 Å². The van der Waals surface area contributed by atoms with Crippen molar-refractivity contribution >= 4 is 52.7 Å². The number of amides is 2. The predicted molar refractivity (Wildman–Crippen MR) is 139 cm³/mol. The normalized spacial score (nSPS) is 24.1. The second-order valence-corrected chi connectivity index (χ2v) is 10.6. The van der Waals surface area contributed by atoms with Crippen LogP contribution in [0.5, 0.6) is 5.75 Å². The van der Waals surface area contributed by atoms with Crippen LogP contribution in [0.1, 0.15) is 51.5 Å². The minimum atomic E-state index is -1.34. The fourth-order valence-corrected chi connectivity index (χ4v) is 6.37. The number of hydrogen-bond acceptors (Lipinski definition) is 7. The minimum absolute atomic E-state index is 0.0376. The molecule has 1 fully saturated rings. The number of likely N-dealkylation sites (tertiary alicyclic amines) is 1. The quantitative estimate of drug-likeness (QED) is 0.386. The molecule has 2 heterocycles. The third-order valence-corrected chi connectivity index (χ3v) is 8.04. The van der Waals surface area contributed by atoms with E-state index in [4.69, 9.17) is 32.7 Å².